The molecule has 0 aliphatic heterocycles. The van der Waals surface area contributed by atoms with Gasteiger partial charge >= 0.3 is 0 Å². The molecule has 0 aliphatic carbocycles. The Morgan fingerprint density at radius 3 is 2.67 bits per heavy atom. The van der Waals surface area contributed by atoms with Crippen LogP contribution in [0.15, 0.2) is 12.1 Å². The number of rotatable bonds is 2. The number of phenols is 1. The first-order valence-corrected chi connectivity index (χ1v) is 3.52. The van der Waals surface area contributed by atoms with E-state index in [2.05, 4.69) is 0 Å². The minimum Gasteiger partial charge on any atom is -0.507 e. The third-order valence-electron chi connectivity index (χ3n) is 1.67. The molecule has 1 aromatic carbocycles. The number of aldehydes is 1. The molecular formula is C9H10O3. The lowest BCUT2D eigenvalue weighted by molar-refractivity contribution is 0.112. The predicted molar refractivity (Wildman–Crippen MR) is 44.8 cm³/mol. The Morgan fingerprint density at radius 1 is 1.50 bits per heavy atom. The minimum absolute atomic E-state index is 0.0487. The molecule has 1 rings (SSSR count). The van der Waals surface area contributed by atoms with Crippen molar-refractivity contribution in [2.24, 2.45) is 0 Å². The van der Waals surface area contributed by atoms with Crippen LogP contribution in [0.25, 0.3) is 0 Å². The van der Waals surface area contributed by atoms with Gasteiger partial charge in [0.05, 0.1) is 12.7 Å². The van der Waals surface area contributed by atoms with E-state index in [4.69, 9.17) is 4.74 Å². The van der Waals surface area contributed by atoms with Gasteiger partial charge in [0, 0.05) is 6.07 Å². The van der Waals surface area contributed by atoms with Crippen molar-refractivity contribution in [1.82, 2.24) is 0 Å². The highest BCUT2D eigenvalue weighted by Crippen LogP contribution is 2.26. The van der Waals surface area contributed by atoms with Gasteiger partial charge in [-0.1, -0.05) is 0 Å². The Labute approximate surface area is 70.6 Å². The molecule has 1 N–H and O–H groups in total. The summed E-state index contributed by atoms with van der Waals surface area (Å²) in [5.74, 6) is 0.533. The molecule has 1 aromatic rings. The average Bonchev–Trinajstić information content (AvgIpc) is 2.08. The average molecular weight is 166 g/mol. The summed E-state index contributed by atoms with van der Waals surface area (Å²) in [5.41, 5.74) is 1.12. The zero-order valence-corrected chi connectivity index (χ0v) is 7.00. The molecule has 0 aliphatic rings. The Kier molecular flexibility index (Phi) is 2.33. The normalized spacial score (nSPS) is 9.50. The second kappa shape index (κ2) is 3.26. The fourth-order valence-corrected chi connectivity index (χ4v) is 1.01. The fourth-order valence-electron chi connectivity index (χ4n) is 1.01. The Bertz CT molecular complexity index is 305. The molecule has 3 nitrogen and oxygen atoms in total. The lowest BCUT2D eigenvalue weighted by atomic mass is 10.1. The topological polar surface area (TPSA) is 46.5 Å². The minimum atomic E-state index is -0.0487. The molecule has 12 heavy (non-hydrogen) atoms. The van der Waals surface area contributed by atoms with E-state index in [0.29, 0.717) is 12.0 Å². The van der Waals surface area contributed by atoms with Crippen LogP contribution < -0.4 is 4.74 Å². The van der Waals surface area contributed by atoms with Crippen LogP contribution in [0.2, 0.25) is 0 Å². The fraction of sp³-hybridized carbons (Fsp3) is 0.222. The quantitative estimate of drug-likeness (QED) is 0.677. The van der Waals surface area contributed by atoms with E-state index in [1.165, 1.54) is 13.2 Å². The van der Waals surface area contributed by atoms with Gasteiger partial charge in [-0.3, -0.25) is 4.79 Å². The van der Waals surface area contributed by atoms with Crippen LogP contribution in [0.4, 0.5) is 0 Å². The van der Waals surface area contributed by atoms with Crippen molar-refractivity contribution in [3.8, 4) is 11.5 Å². The Balaban J connectivity index is 3.25. The Hall–Kier alpha value is -1.51. The SMILES string of the molecule is COc1cc(O)c(C=O)cc1C. The molecule has 0 radical (unpaired) electrons. The first kappa shape index (κ1) is 8.59. The van der Waals surface area contributed by atoms with Gasteiger partial charge in [-0.25, -0.2) is 0 Å². The van der Waals surface area contributed by atoms with Crippen molar-refractivity contribution in [3.05, 3.63) is 23.3 Å². The van der Waals surface area contributed by atoms with Crippen LogP contribution in [0.5, 0.6) is 11.5 Å². The standard InChI is InChI=1S/C9H10O3/c1-6-3-7(5-10)8(11)4-9(6)12-2/h3-5,11H,1-2H3. The number of carbonyl (C=O) groups is 1. The summed E-state index contributed by atoms with van der Waals surface area (Å²) in [4.78, 5) is 10.4. The van der Waals surface area contributed by atoms with Gasteiger partial charge < -0.3 is 9.84 Å². The first-order chi connectivity index (χ1) is 5.69. The number of benzene rings is 1. The highest BCUT2D eigenvalue weighted by atomic mass is 16.5. The van der Waals surface area contributed by atoms with Gasteiger partial charge in [0.1, 0.15) is 11.5 Å². The molecular weight excluding hydrogens is 156 g/mol. The van der Waals surface area contributed by atoms with Gasteiger partial charge in [-0.15, -0.1) is 0 Å². The van der Waals surface area contributed by atoms with Crippen LogP contribution in [-0.2, 0) is 0 Å². The summed E-state index contributed by atoms with van der Waals surface area (Å²) < 4.78 is 4.95. The van der Waals surface area contributed by atoms with E-state index in [9.17, 15) is 9.90 Å². The molecule has 0 fully saturated rings. The number of hydrogen-bond donors (Lipinski definition) is 1. The summed E-state index contributed by atoms with van der Waals surface area (Å²) in [6.45, 7) is 1.81. The molecule has 0 unspecified atom stereocenters. The molecule has 0 spiro atoms. The van der Waals surface area contributed by atoms with Crippen molar-refractivity contribution in [1.29, 1.82) is 0 Å². The number of phenolic OH excluding ortho intramolecular Hbond substituents is 1. The number of carbonyl (C=O) groups excluding carboxylic acids is 1. The van der Waals surface area contributed by atoms with Gasteiger partial charge in [0.25, 0.3) is 0 Å². The van der Waals surface area contributed by atoms with Crippen LogP contribution >= 0.6 is 0 Å². The molecule has 0 saturated carbocycles. The summed E-state index contributed by atoms with van der Waals surface area (Å²) in [5, 5.41) is 9.24. The molecule has 0 heterocycles. The molecule has 0 aromatic heterocycles. The molecule has 64 valence electrons. The lowest BCUT2D eigenvalue weighted by Crippen LogP contribution is -1.89. The summed E-state index contributed by atoms with van der Waals surface area (Å²) in [6, 6.07) is 3.01. The lowest BCUT2D eigenvalue weighted by Gasteiger charge is -2.05. The van der Waals surface area contributed by atoms with Gasteiger partial charge in [-0.05, 0) is 18.6 Å². The second-order valence-electron chi connectivity index (χ2n) is 2.50. The van der Waals surface area contributed by atoms with Crippen molar-refractivity contribution in [3.63, 3.8) is 0 Å². The monoisotopic (exact) mass is 166 g/mol. The van der Waals surface area contributed by atoms with Crippen molar-refractivity contribution < 1.29 is 14.6 Å². The Morgan fingerprint density at radius 2 is 2.17 bits per heavy atom. The van der Waals surface area contributed by atoms with Crippen LogP contribution in [0.1, 0.15) is 15.9 Å². The van der Waals surface area contributed by atoms with E-state index in [1.807, 2.05) is 6.92 Å². The zero-order chi connectivity index (χ0) is 9.14. The molecule has 0 saturated heterocycles. The van der Waals surface area contributed by atoms with E-state index in [-0.39, 0.29) is 11.3 Å². The van der Waals surface area contributed by atoms with Crippen LogP contribution in [0.3, 0.4) is 0 Å². The number of ether oxygens (including phenoxy) is 1. The van der Waals surface area contributed by atoms with Gasteiger partial charge in [-0.2, -0.15) is 0 Å². The smallest absolute Gasteiger partial charge is 0.153 e. The van der Waals surface area contributed by atoms with Gasteiger partial charge in [0.15, 0.2) is 6.29 Å². The summed E-state index contributed by atoms with van der Waals surface area (Å²) in [6.07, 6.45) is 0.613. The largest absolute Gasteiger partial charge is 0.507 e. The highest BCUT2D eigenvalue weighted by molar-refractivity contribution is 5.80. The van der Waals surface area contributed by atoms with Gasteiger partial charge in [0.2, 0.25) is 0 Å². The maximum absolute atomic E-state index is 10.4. The summed E-state index contributed by atoms with van der Waals surface area (Å²) >= 11 is 0. The number of aromatic hydroxyl groups is 1. The predicted octanol–water partition coefficient (Wildman–Crippen LogP) is 1.52. The molecule has 0 amide bonds. The molecule has 0 atom stereocenters. The second-order valence-corrected chi connectivity index (χ2v) is 2.50. The van der Waals surface area contributed by atoms with E-state index < -0.39 is 0 Å². The third-order valence-corrected chi connectivity index (χ3v) is 1.67. The van der Waals surface area contributed by atoms with Crippen molar-refractivity contribution in [2.45, 2.75) is 6.92 Å². The number of hydrogen-bond acceptors (Lipinski definition) is 3. The number of methoxy groups -OCH3 is 1. The van der Waals surface area contributed by atoms with E-state index >= 15 is 0 Å². The van der Waals surface area contributed by atoms with E-state index in [1.54, 1.807) is 6.07 Å². The zero-order valence-electron chi connectivity index (χ0n) is 7.00. The van der Waals surface area contributed by atoms with Crippen LogP contribution in [0, 0.1) is 6.92 Å². The maximum Gasteiger partial charge on any atom is 0.153 e. The summed E-state index contributed by atoms with van der Waals surface area (Å²) in [7, 11) is 1.52. The molecule has 3 heteroatoms. The van der Waals surface area contributed by atoms with Crippen molar-refractivity contribution >= 4 is 6.29 Å². The van der Waals surface area contributed by atoms with Crippen LogP contribution in [-0.4, -0.2) is 18.5 Å². The maximum atomic E-state index is 10.4. The molecule has 0 bridgehead atoms. The highest BCUT2D eigenvalue weighted by Gasteiger charge is 2.05. The van der Waals surface area contributed by atoms with E-state index in [0.717, 1.165) is 5.56 Å². The number of aryl methyl sites for hydroxylation is 1. The van der Waals surface area contributed by atoms with Crippen molar-refractivity contribution in [2.75, 3.05) is 7.11 Å². The third kappa shape index (κ3) is 1.39. The first-order valence-electron chi connectivity index (χ1n) is 3.52.